The fourth-order valence-electron chi connectivity index (χ4n) is 2.05. The lowest BCUT2D eigenvalue weighted by molar-refractivity contribution is -0.137. The number of alkyl halides is 3. The van der Waals surface area contributed by atoms with Gasteiger partial charge in [-0.2, -0.15) is 13.2 Å². The molecule has 0 saturated carbocycles. The minimum atomic E-state index is -4.36. The van der Waals surface area contributed by atoms with Crippen LogP contribution in [0.15, 0.2) is 18.2 Å². The van der Waals surface area contributed by atoms with Gasteiger partial charge in [0, 0.05) is 12.6 Å². The van der Waals surface area contributed by atoms with Crippen LogP contribution in [0.4, 0.5) is 24.5 Å². The molecule has 0 fully saturated rings. The Morgan fingerprint density at radius 1 is 1.25 bits per heavy atom. The number of benzene rings is 1. The highest BCUT2D eigenvalue weighted by Gasteiger charge is 2.30. The Morgan fingerprint density at radius 3 is 2.30 bits per heavy atom. The topological polar surface area (TPSA) is 41.3 Å². The molecular weight excluding hydrogens is 267 g/mol. The molecule has 0 heterocycles. The van der Waals surface area contributed by atoms with Crippen molar-refractivity contribution in [1.82, 2.24) is 4.90 Å². The zero-order valence-corrected chi connectivity index (χ0v) is 12.1. The lowest BCUT2D eigenvalue weighted by Crippen LogP contribution is -2.34. The fraction of sp³-hybridized carbons (Fsp3) is 0.571. The number of nitrogens with one attached hydrogen (secondary N) is 1. The molecule has 0 aliphatic rings. The van der Waals surface area contributed by atoms with Gasteiger partial charge in [0.15, 0.2) is 0 Å². The molecule has 20 heavy (non-hydrogen) atoms. The van der Waals surface area contributed by atoms with E-state index in [9.17, 15) is 13.2 Å². The smallest absolute Gasteiger partial charge is 0.397 e. The monoisotopic (exact) mass is 289 g/mol. The van der Waals surface area contributed by atoms with Gasteiger partial charge < -0.3 is 16.0 Å². The van der Waals surface area contributed by atoms with Gasteiger partial charge in [0.2, 0.25) is 0 Å². The molecule has 0 aliphatic heterocycles. The van der Waals surface area contributed by atoms with Crippen LogP contribution in [0.2, 0.25) is 0 Å². The van der Waals surface area contributed by atoms with Crippen LogP contribution in [-0.4, -0.2) is 30.6 Å². The number of nitrogens with two attached hydrogens (primary N) is 1. The third kappa shape index (κ3) is 4.59. The molecule has 0 aromatic heterocycles. The number of likely N-dealkylation sites (N-methyl/N-ethyl adjacent to an activating group) is 1. The van der Waals surface area contributed by atoms with Gasteiger partial charge in [0.25, 0.3) is 0 Å². The molecule has 3 nitrogen and oxygen atoms in total. The highest BCUT2D eigenvalue weighted by Crippen LogP contribution is 2.32. The standard InChI is InChI=1S/C14H22F3N3/c1-4-20(5-2)9-10(3)19-13-7-6-11(8-12(13)18)14(15,16)17/h6-8,10,19H,4-5,9,18H2,1-3H3. The van der Waals surface area contributed by atoms with Crippen LogP contribution in [0.3, 0.4) is 0 Å². The van der Waals surface area contributed by atoms with Gasteiger partial charge in [-0.05, 0) is 38.2 Å². The molecule has 3 N–H and O–H groups in total. The number of halogens is 3. The van der Waals surface area contributed by atoms with E-state index in [0.29, 0.717) is 5.69 Å². The van der Waals surface area contributed by atoms with E-state index in [2.05, 4.69) is 24.1 Å². The first-order valence-corrected chi connectivity index (χ1v) is 6.73. The summed E-state index contributed by atoms with van der Waals surface area (Å²) in [5.41, 5.74) is 5.62. The second-order valence-corrected chi connectivity index (χ2v) is 4.83. The minimum absolute atomic E-state index is 0.105. The van der Waals surface area contributed by atoms with Gasteiger partial charge in [-0.3, -0.25) is 0 Å². The summed E-state index contributed by atoms with van der Waals surface area (Å²) in [6.07, 6.45) is -4.36. The van der Waals surface area contributed by atoms with Gasteiger partial charge in [0.1, 0.15) is 0 Å². The van der Waals surface area contributed by atoms with Crippen LogP contribution >= 0.6 is 0 Å². The van der Waals surface area contributed by atoms with Crippen molar-refractivity contribution in [3.8, 4) is 0 Å². The summed E-state index contributed by atoms with van der Waals surface area (Å²) >= 11 is 0. The molecule has 0 aliphatic carbocycles. The summed E-state index contributed by atoms with van der Waals surface area (Å²) in [6.45, 7) is 8.81. The molecule has 0 radical (unpaired) electrons. The zero-order chi connectivity index (χ0) is 15.3. The van der Waals surface area contributed by atoms with Gasteiger partial charge in [-0.1, -0.05) is 13.8 Å². The van der Waals surface area contributed by atoms with E-state index in [1.165, 1.54) is 6.07 Å². The Morgan fingerprint density at radius 2 is 1.85 bits per heavy atom. The highest BCUT2D eigenvalue weighted by atomic mass is 19.4. The lowest BCUT2D eigenvalue weighted by atomic mass is 10.1. The Kier molecular flexibility index (Phi) is 5.68. The van der Waals surface area contributed by atoms with Crippen molar-refractivity contribution in [2.45, 2.75) is 33.0 Å². The average Bonchev–Trinajstić information content (AvgIpc) is 2.37. The van der Waals surface area contributed by atoms with Crippen LogP contribution in [0.5, 0.6) is 0 Å². The number of hydrogen-bond donors (Lipinski definition) is 2. The second kappa shape index (κ2) is 6.83. The van der Waals surface area contributed by atoms with E-state index in [-0.39, 0.29) is 11.7 Å². The Labute approximate surface area is 117 Å². The third-order valence-electron chi connectivity index (χ3n) is 3.21. The lowest BCUT2D eigenvalue weighted by Gasteiger charge is -2.24. The molecule has 1 aromatic carbocycles. The van der Waals surface area contributed by atoms with Crippen molar-refractivity contribution in [2.75, 3.05) is 30.7 Å². The van der Waals surface area contributed by atoms with Crippen molar-refractivity contribution in [2.24, 2.45) is 0 Å². The summed E-state index contributed by atoms with van der Waals surface area (Å²) in [5.74, 6) is 0. The Hall–Kier alpha value is -1.43. The summed E-state index contributed by atoms with van der Waals surface area (Å²) < 4.78 is 37.6. The first-order valence-electron chi connectivity index (χ1n) is 6.73. The average molecular weight is 289 g/mol. The Balaban J connectivity index is 2.74. The highest BCUT2D eigenvalue weighted by molar-refractivity contribution is 5.67. The maximum Gasteiger partial charge on any atom is 0.416 e. The number of rotatable bonds is 6. The van der Waals surface area contributed by atoms with Crippen molar-refractivity contribution in [3.05, 3.63) is 23.8 Å². The van der Waals surface area contributed by atoms with Gasteiger partial charge in [-0.15, -0.1) is 0 Å². The molecule has 0 saturated heterocycles. The van der Waals surface area contributed by atoms with Crippen LogP contribution in [0.1, 0.15) is 26.3 Å². The molecule has 6 heteroatoms. The van der Waals surface area contributed by atoms with Crippen LogP contribution in [0.25, 0.3) is 0 Å². The maximum absolute atomic E-state index is 12.5. The van der Waals surface area contributed by atoms with Gasteiger partial charge >= 0.3 is 6.18 Å². The van der Waals surface area contributed by atoms with Crippen molar-refractivity contribution >= 4 is 11.4 Å². The largest absolute Gasteiger partial charge is 0.416 e. The van der Waals surface area contributed by atoms with Crippen LogP contribution < -0.4 is 11.1 Å². The van der Waals surface area contributed by atoms with Crippen molar-refractivity contribution < 1.29 is 13.2 Å². The second-order valence-electron chi connectivity index (χ2n) is 4.83. The Bertz CT molecular complexity index is 428. The number of anilines is 2. The zero-order valence-electron chi connectivity index (χ0n) is 12.1. The van der Waals surface area contributed by atoms with Crippen molar-refractivity contribution in [1.29, 1.82) is 0 Å². The van der Waals surface area contributed by atoms with Crippen molar-refractivity contribution in [3.63, 3.8) is 0 Å². The molecule has 0 bridgehead atoms. The van der Waals surface area contributed by atoms with E-state index in [0.717, 1.165) is 31.8 Å². The van der Waals surface area contributed by atoms with E-state index >= 15 is 0 Å². The first kappa shape index (κ1) is 16.6. The summed E-state index contributed by atoms with van der Waals surface area (Å²) in [4.78, 5) is 2.23. The van der Waals surface area contributed by atoms with Crippen LogP contribution in [-0.2, 0) is 6.18 Å². The number of nitrogens with zero attached hydrogens (tertiary/aromatic N) is 1. The van der Waals surface area contributed by atoms with Gasteiger partial charge in [0.05, 0.1) is 16.9 Å². The van der Waals surface area contributed by atoms with Gasteiger partial charge in [-0.25, -0.2) is 0 Å². The van der Waals surface area contributed by atoms with E-state index < -0.39 is 11.7 Å². The molecule has 1 aromatic rings. The summed E-state index contributed by atoms with van der Waals surface area (Å²) in [7, 11) is 0. The predicted molar refractivity (Wildman–Crippen MR) is 76.7 cm³/mol. The minimum Gasteiger partial charge on any atom is -0.397 e. The SMILES string of the molecule is CCN(CC)CC(C)Nc1ccc(C(F)(F)F)cc1N. The third-order valence-corrected chi connectivity index (χ3v) is 3.21. The van der Waals surface area contributed by atoms with E-state index in [1.54, 1.807) is 0 Å². The van der Waals surface area contributed by atoms with E-state index in [1.807, 2.05) is 6.92 Å². The summed E-state index contributed by atoms with van der Waals surface area (Å²) in [6, 6.07) is 3.50. The quantitative estimate of drug-likeness (QED) is 0.788. The molecule has 0 amide bonds. The molecule has 0 spiro atoms. The molecule has 114 valence electrons. The first-order chi connectivity index (χ1) is 9.27. The molecule has 1 unspecified atom stereocenters. The van der Waals surface area contributed by atoms with Crippen LogP contribution in [0, 0.1) is 0 Å². The van der Waals surface area contributed by atoms with E-state index in [4.69, 9.17) is 5.73 Å². The maximum atomic E-state index is 12.5. The molecule has 1 atom stereocenters. The molecular formula is C14H22F3N3. The normalized spacial score (nSPS) is 13.6. The number of hydrogen-bond acceptors (Lipinski definition) is 3. The fourth-order valence-corrected chi connectivity index (χ4v) is 2.05. The number of nitrogen functional groups attached to an aromatic ring is 1. The predicted octanol–water partition coefficient (Wildman–Crippen LogP) is 3.43. The molecule has 1 rings (SSSR count). The summed E-state index contributed by atoms with van der Waals surface area (Å²) in [5, 5.41) is 3.15.